The maximum atomic E-state index is 2.16. The summed E-state index contributed by atoms with van der Waals surface area (Å²) in [4.78, 5) is 0. The van der Waals surface area contributed by atoms with Crippen molar-refractivity contribution >= 4 is 0 Å². The molecule has 0 unspecified atom stereocenters. The maximum Gasteiger partial charge on any atom is 4.00 e. The Kier molecular flexibility index (Phi) is 29.2. The largest absolute Gasteiger partial charge is 4.00 e. The second-order valence-corrected chi connectivity index (χ2v) is 1.65. The Hall–Kier alpha value is 1.50. The Labute approximate surface area is 115 Å². The Morgan fingerprint density at radius 3 is 1.55 bits per heavy atom. The summed E-state index contributed by atoms with van der Waals surface area (Å²) < 4.78 is 0. The summed E-state index contributed by atoms with van der Waals surface area (Å²) in [6, 6.07) is 8.41. The third-order valence-corrected chi connectivity index (χ3v) is 1.14. The van der Waals surface area contributed by atoms with Gasteiger partial charge in [-0.15, -0.1) is 0 Å². The molecule has 0 saturated carbocycles. The van der Waals surface area contributed by atoms with E-state index in [0.717, 1.165) is 6.42 Å². The van der Waals surface area contributed by atoms with Crippen LogP contribution in [0, 0.1) is 0 Å². The monoisotopic (exact) mass is 378 g/mol. The van der Waals surface area contributed by atoms with Crippen LogP contribution >= 0.6 is 0 Å². The molecule has 0 aliphatic rings. The molecular formula is C7H9Br3Ti. The number of aryl methyl sites for hydroxylation is 1. The van der Waals surface area contributed by atoms with Crippen molar-refractivity contribution in [2.75, 3.05) is 0 Å². The molecule has 0 amide bonds. The van der Waals surface area contributed by atoms with Gasteiger partial charge in [0.15, 0.2) is 0 Å². The summed E-state index contributed by atoms with van der Waals surface area (Å²) in [5.74, 6) is 0. The van der Waals surface area contributed by atoms with E-state index in [9.17, 15) is 0 Å². The van der Waals surface area contributed by atoms with Crippen molar-refractivity contribution in [3.63, 3.8) is 0 Å². The van der Waals surface area contributed by atoms with Gasteiger partial charge in [-0.05, 0) is 0 Å². The smallest absolute Gasteiger partial charge is 1.00 e. The molecule has 0 aromatic heterocycles. The summed E-state index contributed by atoms with van der Waals surface area (Å²) in [5, 5.41) is 0. The molecule has 0 nitrogen and oxygen atoms in total. The van der Waals surface area contributed by atoms with Crippen molar-refractivity contribution < 1.29 is 72.7 Å². The number of hydrogen-bond donors (Lipinski definition) is 0. The van der Waals surface area contributed by atoms with Crippen molar-refractivity contribution in [1.29, 1.82) is 0 Å². The second-order valence-electron chi connectivity index (χ2n) is 1.65. The Morgan fingerprint density at radius 1 is 1.00 bits per heavy atom. The molecule has 0 radical (unpaired) electrons. The SMILES string of the molecule is CC[c-]1cccc1.[Br-].[Br-].[Br-].[Ti+4]. The van der Waals surface area contributed by atoms with Crippen LogP contribution in [0.15, 0.2) is 24.3 Å². The van der Waals surface area contributed by atoms with Crippen LogP contribution in [-0.4, -0.2) is 0 Å². The Balaban J connectivity index is -0.0000000612. The fraction of sp³-hybridized carbons (Fsp3) is 0.286. The molecule has 0 fully saturated rings. The van der Waals surface area contributed by atoms with Gasteiger partial charge in [-0.3, -0.25) is 0 Å². The van der Waals surface area contributed by atoms with Crippen molar-refractivity contribution in [2.24, 2.45) is 0 Å². The Bertz CT molecular complexity index is 128. The molecule has 0 atom stereocenters. The molecule has 0 spiro atoms. The van der Waals surface area contributed by atoms with Crippen molar-refractivity contribution in [3.8, 4) is 0 Å². The van der Waals surface area contributed by atoms with E-state index in [1.807, 2.05) is 0 Å². The summed E-state index contributed by atoms with van der Waals surface area (Å²) in [7, 11) is 0. The molecule has 0 saturated heterocycles. The first-order valence-electron chi connectivity index (χ1n) is 2.64. The van der Waals surface area contributed by atoms with Crippen LogP contribution < -0.4 is 50.9 Å². The van der Waals surface area contributed by atoms with Crippen LogP contribution in [0.1, 0.15) is 12.5 Å². The van der Waals surface area contributed by atoms with E-state index in [1.54, 1.807) is 0 Å². The van der Waals surface area contributed by atoms with Crippen LogP contribution in [-0.2, 0) is 28.1 Å². The van der Waals surface area contributed by atoms with E-state index in [0.29, 0.717) is 0 Å². The number of rotatable bonds is 1. The first kappa shape index (κ1) is 22.9. The first-order chi connectivity index (χ1) is 3.43. The van der Waals surface area contributed by atoms with Crippen LogP contribution in [0.5, 0.6) is 0 Å². The van der Waals surface area contributed by atoms with E-state index < -0.39 is 0 Å². The van der Waals surface area contributed by atoms with Gasteiger partial charge in [-0.1, -0.05) is 13.3 Å². The minimum atomic E-state index is 0. The standard InChI is InChI=1S/C7H9.3BrH.Ti/c1-2-7-5-3-4-6-7;;;;/h3-6H,2H2,1H3;3*1H;/q-1;;;;+4/p-3. The molecule has 0 aliphatic heterocycles. The van der Waals surface area contributed by atoms with Crippen LogP contribution in [0.3, 0.4) is 0 Å². The third kappa shape index (κ3) is 9.42. The normalized spacial score (nSPS) is 5.91. The molecule has 4 heteroatoms. The van der Waals surface area contributed by atoms with Gasteiger partial charge in [0.05, 0.1) is 0 Å². The van der Waals surface area contributed by atoms with Crippen LogP contribution in [0.2, 0.25) is 0 Å². The zero-order valence-corrected chi connectivity index (χ0v) is 12.5. The molecule has 1 rings (SSSR count). The van der Waals surface area contributed by atoms with Gasteiger partial charge in [-0.25, -0.2) is 12.1 Å². The van der Waals surface area contributed by atoms with Crippen LogP contribution in [0.4, 0.5) is 0 Å². The first-order valence-corrected chi connectivity index (χ1v) is 2.64. The quantitative estimate of drug-likeness (QED) is 0.336. The van der Waals surface area contributed by atoms with E-state index in [-0.39, 0.29) is 72.7 Å². The zero-order valence-electron chi connectivity index (χ0n) is 6.15. The second kappa shape index (κ2) is 14.1. The van der Waals surface area contributed by atoms with Gasteiger partial charge in [0, 0.05) is 0 Å². The van der Waals surface area contributed by atoms with Crippen molar-refractivity contribution in [3.05, 3.63) is 29.8 Å². The molecule has 1 aromatic rings. The summed E-state index contributed by atoms with van der Waals surface area (Å²) >= 11 is 0. The summed E-state index contributed by atoms with van der Waals surface area (Å²) in [6.07, 6.45) is 1.16. The summed E-state index contributed by atoms with van der Waals surface area (Å²) in [5.41, 5.74) is 1.43. The zero-order chi connectivity index (χ0) is 5.11. The van der Waals surface area contributed by atoms with E-state index in [4.69, 9.17) is 0 Å². The van der Waals surface area contributed by atoms with Crippen molar-refractivity contribution in [2.45, 2.75) is 13.3 Å². The molecule has 0 heterocycles. The molecule has 11 heavy (non-hydrogen) atoms. The van der Waals surface area contributed by atoms with E-state index >= 15 is 0 Å². The molecule has 1 aromatic carbocycles. The van der Waals surface area contributed by atoms with Gasteiger partial charge in [0.1, 0.15) is 0 Å². The molecule has 0 bridgehead atoms. The van der Waals surface area contributed by atoms with Gasteiger partial charge in [0.2, 0.25) is 0 Å². The maximum absolute atomic E-state index is 2.16. The average Bonchev–Trinajstić information content (AvgIpc) is 2.14. The summed E-state index contributed by atoms with van der Waals surface area (Å²) in [6.45, 7) is 2.16. The Morgan fingerprint density at radius 2 is 1.36 bits per heavy atom. The number of halogens is 3. The van der Waals surface area contributed by atoms with Gasteiger partial charge >= 0.3 is 21.7 Å². The average molecular weight is 381 g/mol. The minimum absolute atomic E-state index is 0. The van der Waals surface area contributed by atoms with E-state index in [2.05, 4.69) is 31.2 Å². The molecule has 0 N–H and O–H groups in total. The van der Waals surface area contributed by atoms with Gasteiger partial charge in [-0.2, -0.15) is 17.7 Å². The molecule has 62 valence electrons. The predicted molar refractivity (Wildman–Crippen MR) is 31.4 cm³/mol. The number of hydrogen-bond acceptors (Lipinski definition) is 0. The fourth-order valence-corrected chi connectivity index (χ4v) is 0.650. The van der Waals surface area contributed by atoms with Gasteiger partial charge in [0.25, 0.3) is 0 Å². The predicted octanol–water partition coefficient (Wildman–Crippen LogP) is -7.02. The fourth-order valence-electron chi connectivity index (χ4n) is 0.650. The third-order valence-electron chi connectivity index (χ3n) is 1.14. The molecule has 0 aliphatic carbocycles. The van der Waals surface area contributed by atoms with Gasteiger partial charge < -0.3 is 50.9 Å². The topological polar surface area (TPSA) is 0 Å². The van der Waals surface area contributed by atoms with E-state index in [1.165, 1.54) is 5.56 Å². The minimum Gasteiger partial charge on any atom is -1.00 e. The van der Waals surface area contributed by atoms with Crippen molar-refractivity contribution in [1.82, 2.24) is 0 Å². The van der Waals surface area contributed by atoms with Crippen LogP contribution in [0.25, 0.3) is 0 Å². The molecular weight excluding hydrogens is 372 g/mol.